The van der Waals surface area contributed by atoms with Crippen LogP contribution in [0.2, 0.25) is 0 Å². The first-order valence-electron chi connectivity index (χ1n) is 8.05. The predicted octanol–water partition coefficient (Wildman–Crippen LogP) is 4.38. The highest BCUT2D eigenvalue weighted by molar-refractivity contribution is 5.28. The number of hydrogen-bond acceptors (Lipinski definition) is 2. The van der Waals surface area contributed by atoms with Crippen LogP contribution in [-0.2, 0) is 4.74 Å². The fourth-order valence-electron chi connectivity index (χ4n) is 3.43. The van der Waals surface area contributed by atoms with Gasteiger partial charge in [-0.15, -0.1) is 0 Å². The van der Waals surface area contributed by atoms with Crippen LogP contribution >= 0.6 is 0 Å². The van der Waals surface area contributed by atoms with E-state index in [9.17, 15) is 0 Å². The molecule has 1 aliphatic heterocycles. The van der Waals surface area contributed by atoms with Crippen molar-refractivity contribution < 1.29 is 4.74 Å². The van der Waals surface area contributed by atoms with Crippen LogP contribution in [-0.4, -0.2) is 18.2 Å². The SMILES string of the molecule is CCC1(CC)CC(NC(C)c2ccccc2C)CCO1. The Labute approximate surface area is 123 Å². The van der Waals surface area contributed by atoms with E-state index in [0.29, 0.717) is 12.1 Å². The third-order valence-electron chi connectivity index (χ3n) is 4.92. The van der Waals surface area contributed by atoms with E-state index in [1.54, 1.807) is 0 Å². The molecule has 1 aromatic carbocycles. The molecule has 112 valence electrons. The molecule has 0 aromatic heterocycles. The van der Waals surface area contributed by atoms with Gasteiger partial charge in [-0.25, -0.2) is 0 Å². The van der Waals surface area contributed by atoms with Crippen LogP contribution in [0.3, 0.4) is 0 Å². The highest BCUT2D eigenvalue weighted by atomic mass is 16.5. The first-order valence-corrected chi connectivity index (χ1v) is 8.05. The van der Waals surface area contributed by atoms with Crippen LogP contribution in [0, 0.1) is 6.92 Å². The summed E-state index contributed by atoms with van der Waals surface area (Å²) in [4.78, 5) is 0. The number of ether oxygens (including phenoxy) is 1. The minimum absolute atomic E-state index is 0.0986. The van der Waals surface area contributed by atoms with Crippen LogP contribution in [0.25, 0.3) is 0 Å². The summed E-state index contributed by atoms with van der Waals surface area (Å²) in [7, 11) is 0. The van der Waals surface area contributed by atoms with Gasteiger partial charge in [0.1, 0.15) is 0 Å². The van der Waals surface area contributed by atoms with Gasteiger partial charge in [0.25, 0.3) is 0 Å². The second-order valence-electron chi connectivity index (χ2n) is 6.17. The average molecular weight is 275 g/mol. The molecule has 1 N–H and O–H groups in total. The van der Waals surface area contributed by atoms with Gasteiger partial charge in [0.15, 0.2) is 0 Å². The van der Waals surface area contributed by atoms with Crippen molar-refractivity contribution >= 4 is 0 Å². The molecule has 20 heavy (non-hydrogen) atoms. The molecule has 2 heteroatoms. The predicted molar refractivity (Wildman–Crippen MR) is 85.0 cm³/mol. The average Bonchev–Trinajstić information content (AvgIpc) is 2.47. The molecule has 0 radical (unpaired) electrons. The standard InChI is InChI=1S/C18H29NO/c1-5-18(6-2)13-16(11-12-20-18)19-15(4)17-10-8-7-9-14(17)3/h7-10,15-16,19H,5-6,11-13H2,1-4H3. The molecular weight excluding hydrogens is 246 g/mol. The Morgan fingerprint density at radius 2 is 2.00 bits per heavy atom. The van der Waals surface area contributed by atoms with Crippen molar-refractivity contribution in [2.75, 3.05) is 6.61 Å². The molecular formula is C18H29NO. The van der Waals surface area contributed by atoms with E-state index in [-0.39, 0.29) is 5.60 Å². The van der Waals surface area contributed by atoms with Gasteiger partial charge >= 0.3 is 0 Å². The zero-order chi connectivity index (χ0) is 14.6. The Morgan fingerprint density at radius 3 is 2.65 bits per heavy atom. The molecule has 0 bridgehead atoms. The first kappa shape index (κ1) is 15.5. The maximum absolute atomic E-state index is 6.07. The van der Waals surface area contributed by atoms with E-state index in [1.165, 1.54) is 11.1 Å². The quantitative estimate of drug-likeness (QED) is 0.861. The molecule has 1 saturated heterocycles. The zero-order valence-corrected chi connectivity index (χ0v) is 13.4. The normalized spacial score (nSPS) is 23.5. The molecule has 0 saturated carbocycles. The monoisotopic (exact) mass is 275 g/mol. The highest BCUT2D eigenvalue weighted by Gasteiger charge is 2.34. The van der Waals surface area contributed by atoms with Gasteiger partial charge in [-0.2, -0.15) is 0 Å². The zero-order valence-electron chi connectivity index (χ0n) is 13.4. The van der Waals surface area contributed by atoms with Crippen molar-refractivity contribution in [3.8, 4) is 0 Å². The van der Waals surface area contributed by atoms with E-state index < -0.39 is 0 Å². The highest BCUT2D eigenvalue weighted by Crippen LogP contribution is 2.32. The van der Waals surface area contributed by atoms with Gasteiger partial charge in [-0.3, -0.25) is 0 Å². The summed E-state index contributed by atoms with van der Waals surface area (Å²) < 4.78 is 6.07. The Bertz CT molecular complexity index is 425. The summed E-state index contributed by atoms with van der Waals surface area (Å²) in [6, 6.07) is 9.65. The van der Waals surface area contributed by atoms with Crippen LogP contribution in [0.1, 0.15) is 63.6 Å². The minimum Gasteiger partial charge on any atom is -0.375 e. The molecule has 1 aromatic rings. The van der Waals surface area contributed by atoms with Crippen LogP contribution in [0.5, 0.6) is 0 Å². The van der Waals surface area contributed by atoms with Crippen LogP contribution in [0.15, 0.2) is 24.3 Å². The molecule has 0 aliphatic carbocycles. The summed E-state index contributed by atoms with van der Waals surface area (Å²) in [5.74, 6) is 0. The molecule has 0 amide bonds. The summed E-state index contributed by atoms with van der Waals surface area (Å²) in [6.07, 6.45) is 4.48. The van der Waals surface area contributed by atoms with E-state index >= 15 is 0 Å². The van der Waals surface area contributed by atoms with E-state index in [0.717, 1.165) is 32.3 Å². The van der Waals surface area contributed by atoms with Crippen LogP contribution < -0.4 is 5.32 Å². The third-order valence-corrected chi connectivity index (χ3v) is 4.92. The Balaban J connectivity index is 2.01. The number of hydrogen-bond donors (Lipinski definition) is 1. The molecule has 2 rings (SSSR count). The van der Waals surface area contributed by atoms with Crippen molar-refractivity contribution in [3.63, 3.8) is 0 Å². The van der Waals surface area contributed by atoms with Crippen molar-refractivity contribution in [1.82, 2.24) is 5.32 Å². The van der Waals surface area contributed by atoms with E-state index in [1.807, 2.05) is 0 Å². The second-order valence-corrected chi connectivity index (χ2v) is 6.17. The number of nitrogens with one attached hydrogen (secondary N) is 1. The number of benzene rings is 1. The maximum Gasteiger partial charge on any atom is 0.0692 e. The molecule has 2 nitrogen and oxygen atoms in total. The van der Waals surface area contributed by atoms with E-state index in [2.05, 4.69) is 57.3 Å². The van der Waals surface area contributed by atoms with Gasteiger partial charge < -0.3 is 10.1 Å². The molecule has 0 spiro atoms. The largest absolute Gasteiger partial charge is 0.375 e. The Morgan fingerprint density at radius 1 is 1.30 bits per heavy atom. The van der Waals surface area contributed by atoms with Gasteiger partial charge in [0, 0.05) is 18.7 Å². The molecule has 1 aliphatic rings. The summed E-state index contributed by atoms with van der Waals surface area (Å²) in [6.45, 7) is 9.85. The van der Waals surface area contributed by atoms with E-state index in [4.69, 9.17) is 4.74 Å². The fourth-order valence-corrected chi connectivity index (χ4v) is 3.43. The number of rotatable bonds is 5. The lowest BCUT2D eigenvalue weighted by molar-refractivity contribution is -0.0939. The maximum atomic E-state index is 6.07. The summed E-state index contributed by atoms with van der Waals surface area (Å²) in [5.41, 5.74) is 2.89. The first-order chi connectivity index (χ1) is 9.60. The van der Waals surface area contributed by atoms with Crippen LogP contribution in [0.4, 0.5) is 0 Å². The Hall–Kier alpha value is -0.860. The second kappa shape index (κ2) is 6.73. The fraction of sp³-hybridized carbons (Fsp3) is 0.667. The van der Waals surface area contributed by atoms with Gasteiger partial charge in [-0.05, 0) is 50.7 Å². The van der Waals surface area contributed by atoms with Crippen molar-refractivity contribution in [2.45, 2.75) is 71.1 Å². The topological polar surface area (TPSA) is 21.3 Å². The summed E-state index contributed by atoms with van der Waals surface area (Å²) in [5, 5.41) is 3.82. The van der Waals surface area contributed by atoms with Gasteiger partial charge in [-0.1, -0.05) is 38.1 Å². The lowest BCUT2D eigenvalue weighted by Crippen LogP contribution is -2.47. The lowest BCUT2D eigenvalue weighted by atomic mass is 9.85. The van der Waals surface area contributed by atoms with Gasteiger partial charge in [0.2, 0.25) is 0 Å². The molecule has 1 heterocycles. The van der Waals surface area contributed by atoms with Crippen molar-refractivity contribution in [1.29, 1.82) is 0 Å². The van der Waals surface area contributed by atoms with Gasteiger partial charge in [0.05, 0.1) is 5.60 Å². The molecule has 2 unspecified atom stereocenters. The smallest absolute Gasteiger partial charge is 0.0692 e. The third kappa shape index (κ3) is 3.42. The molecule has 1 fully saturated rings. The molecule has 2 atom stereocenters. The van der Waals surface area contributed by atoms with Crippen molar-refractivity contribution in [2.24, 2.45) is 0 Å². The minimum atomic E-state index is 0.0986. The summed E-state index contributed by atoms with van der Waals surface area (Å²) >= 11 is 0. The Kier molecular flexibility index (Phi) is 5.22. The number of aryl methyl sites for hydroxylation is 1. The lowest BCUT2D eigenvalue weighted by Gasteiger charge is -2.41. The van der Waals surface area contributed by atoms with Crippen molar-refractivity contribution in [3.05, 3.63) is 35.4 Å².